The minimum absolute atomic E-state index is 0.311. The highest BCUT2D eigenvalue weighted by molar-refractivity contribution is 5.95. The number of para-hydroxylation sites is 1. The average Bonchev–Trinajstić information content (AvgIpc) is 2.70. The Morgan fingerprint density at radius 2 is 2.03 bits per heavy atom. The molecule has 0 unspecified atom stereocenters. The van der Waals surface area contributed by atoms with Gasteiger partial charge in [-0.2, -0.15) is 5.11 Å². The SMILES string of the molecule is COc1cccc2c(/C(=C/NCc3cccc(C(C)(C)O)n3)N=N)cc(N)nc12. The number of nitrogen functional groups attached to an aromatic ring is 1. The van der Waals surface area contributed by atoms with E-state index in [1.165, 1.54) is 0 Å². The number of nitrogens with zero attached hydrogens (tertiary/aromatic N) is 3. The zero-order valence-corrected chi connectivity index (χ0v) is 16.6. The van der Waals surface area contributed by atoms with E-state index in [0.29, 0.717) is 40.6 Å². The van der Waals surface area contributed by atoms with Gasteiger partial charge in [0, 0.05) is 17.1 Å². The molecule has 2 aromatic heterocycles. The zero-order valence-electron chi connectivity index (χ0n) is 16.6. The van der Waals surface area contributed by atoms with Crippen LogP contribution in [-0.2, 0) is 12.1 Å². The number of aromatic nitrogens is 2. The Labute approximate surface area is 169 Å². The molecule has 0 fully saturated rings. The maximum absolute atomic E-state index is 10.1. The van der Waals surface area contributed by atoms with Gasteiger partial charge in [-0.05, 0) is 38.1 Å². The van der Waals surface area contributed by atoms with E-state index in [2.05, 4.69) is 20.4 Å². The average molecular weight is 392 g/mol. The number of pyridine rings is 2. The van der Waals surface area contributed by atoms with E-state index in [0.717, 1.165) is 11.1 Å². The largest absolute Gasteiger partial charge is 0.494 e. The number of aliphatic hydroxyl groups is 1. The molecule has 0 aliphatic carbocycles. The van der Waals surface area contributed by atoms with Crippen molar-refractivity contribution < 1.29 is 9.84 Å². The van der Waals surface area contributed by atoms with Crippen LogP contribution in [0.4, 0.5) is 5.82 Å². The number of hydrogen-bond donors (Lipinski definition) is 4. The molecule has 0 bridgehead atoms. The van der Waals surface area contributed by atoms with Crippen molar-refractivity contribution in [2.45, 2.75) is 26.0 Å². The van der Waals surface area contributed by atoms with Crippen LogP contribution in [0.25, 0.3) is 16.6 Å². The third-order valence-corrected chi connectivity index (χ3v) is 4.39. The molecule has 8 nitrogen and oxygen atoms in total. The highest BCUT2D eigenvalue weighted by atomic mass is 16.5. The molecule has 2 heterocycles. The van der Waals surface area contributed by atoms with Crippen molar-refractivity contribution >= 4 is 22.4 Å². The smallest absolute Gasteiger partial charge is 0.145 e. The number of ether oxygens (including phenoxy) is 1. The normalized spacial score (nSPS) is 12.1. The molecule has 0 aliphatic heterocycles. The Morgan fingerprint density at radius 1 is 1.28 bits per heavy atom. The lowest BCUT2D eigenvalue weighted by Gasteiger charge is -2.17. The van der Waals surface area contributed by atoms with E-state index in [1.807, 2.05) is 24.3 Å². The van der Waals surface area contributed by atoms with Gasteiger partial charge in [-0.1, -0.05) is 18.2 Å². The summed E-state index contributed by atoms with van der Waals surface area (Å²) >= 11 is 0. The van der Waals surface area contributed by atoms with E-state index >= 15 is 0 Å². The Kier molecular flexibility index (Phi) is 5.74. The van der Waals surface area contributed by atoms with E-state index < -0.39 is 5.60 Å². The van der Waals surface area contributed by atoms with Gasteiger partial charge in [0.2, 0.25) is 0 Å². The summed E-state index contributed by atoms with van der Waals surface area (Å²) in [6.07, 6.45) is 1.64. The van der Waals surface area contributed by atoms with Crippen LogP contribution in [0.2, 0.25) is 0 Å². The fraction of sp³-hybridized carbons (Fsp3) is 0.238. The number of anilines is 1. The minimum atomic E-state index is -1.01. The molecule has 0 saturated heterocycles. The van der Waals surface area contributed by atoms with Gasteiger partial charge in [0.25, 0.3) is 0 Å². The lowest BCUT2D eigenvalue weighted by molar-refractivity contribution is 0.0736. The van der Waals surface area contributed by atoms with Gasteiger partial charge >= 0.3 is 0 Å². The van der Waals surface area contributed by atoms with Crippen LogP contribution >= 0.6 is 0 Å². The standard InChI is InChI=1S/C21H24N6O2/c1-21(2,28)18-9-4-6-13(25-18)11-24-12-16(27-23)15-10-19(22)26-20-14(15)7-5-8-17(20)29-3/h4-10,12,23-24,28H,11H2,1-3H3,(H2,22,26)/b16-12-,27-23?. The summed E-state index contributed by atoms with van der Waals surface area (Å²) in [6, 6.07) is 12.7. The molecule has 0 aliphatic rings. The molecule has 8 heteroatoms. The topological polar surface area (TPSA) is 130 Å². The number of hydrogen-bond acceptors (Lipinski definition) is 8. The predicted molar refractivity (Wildman–Crippen MR) is 112 cm³/mol. The van der Waals surface area contributed by atoms with Gasteiger partial charge in [-0.3, -0.25) is 4.98 Å². The highest BCUT2D eigenvalue weighted by Gasteiger charge is 2.17. The molecule has 150 valence electrons. The lowest BCUT2D eigenvalue weighted by atomic mass is 10.0. The Bertz CT molecular complexity index is 1070. The molecule has 1 aromatic carbocycles. The molecule has 3 rings (SSSR count). The van der Waals surface area contributed by atoms with Crippen LogP contribution in [0.3, 0.4) is 0 Å². The first-order valence-electron chi connectivity index (χ1n) is 9.07. The van der Waals surface area contributed by atoms with E-state index in [4.69, 9.17) is 16.0 Å². The second-order valence-electron chi connectivity index (χ2n) is 7.05. The first-order valence-corrected chi connectivity index (χ1v) is 9.07. The molecule has 29 heavy (non-hydrogen) atoms. The van der Waals surface area contributed by atoms with Gasteiger partial charge in [-0.25, -0.2) is 10.5 Å². The summed E-state index contributed by atoms with van der Waals surface area (Å²) in [7, 11) is 1.57. The van der Waals surface area contributed by atoms with Crippen molar-refractivity contribution in [1.29, 1.82) is 5.53 Å². The maximum Gasteiger partial charge on any atom is 0.145 e. The van der Waals surface area contributed by atoms with Gasteiger partial charge < -0.3 is 20.9 Å². The number of nitrogens with one attached hydrogen (secondary N) is 2. The van der Waals surface area contributed by atoms with Crippen molar-refractivity contribution in [1.82, 2.24) is 15.3 Å². The Morgan fingerprint density at radius 3 is 2.72 bits per heavy atom. The summed E-state index contributed by atoms with van der Waals surface area (Å²) in [6.45, 7) is 3.79. The van der Waals surface area contributed by atoms with Crippen molar-refractivity contribution in [3.05, 3.63) is 65.6 Å². The minimum Gasteiger partial charge on any atom is -0.494 e. The summed E-state index contributed by atoms with van der Waals surface area (Å²) in [4.78, 5) is 8.81. The summed E-state index contributed by atoms with van der Waals surface area (Å²) in [5.41, 5.74) is 15.6. The highest BCUT2D eigenvalue weighted by Crippen LogP contribution is 2.31. The molecular weight excluding hydrogens is 368 g/mol. The molecule has 3 aromatic rings. The maximum atomic E-state index is 10.1. The second kappa shape index (κ2) is 8.24. The molecule has 0 amide bonds. The van der Waals surface area contributed by atoms with E-state index in [9.17, 15) is 5.11 Å². The number of methoxy groups -OCH3 is 1. The quantitative estimate of drug-likeness (QED) is 0.455. The van der Waals surface area contributed by atoms with Crippen LogP contribution < -0.4 is 15.8 Å². The summed E-state index contributed by atoms with van der Waals surface area (Å²) in [5, 5.41) is 17.7. The Hall–Kier alpha value is -3.52. The molecule has 0 spiro atoms. The fourth-order valence-corrected chi connectivity index (χ4v) is 2.96. The number of benzene rings is 1. The lowest BCUT2D eigenvalue weighted by Crippen LogP contribution is -2.19. The molecule has 0 atom stereocenters. The zero-order chi connectivity index (χ0) is 21.0. The van der Waals surface area contributed by atoms with Crippen LogP contribution in [0.5, 0.6) is 5.75 Å². The van der Waals surface area contributed by atoms with Crippen LogP contribution in [0.1, 0.15) is 30.8 Å². The van der Waals surface area contributed by atoms with Crippen molar-refractivity contribution in [2.75, 3.05) is 12.8 Å². The van der Waals surface area contributed by atoms with Gasteiger partial charge in [-0.15, -0.1) is 0 Å². The van der Waals surface area contributed by atoms with Gasteiger partial charge in [0.1, 0.15) is 28.4 Å². The molecule has 0 saturated carbocycles. The second-order valence-corrected chi connectivity index (χ2v) is 7.05. The predicted octanol–water partition coefficient (Wildman–Crippen LogP) is 3.57. The first kappa shape index (κ1) is 20.2. The molecular formula is C21H24N6O2. The first-order chi connectivity index (χ1) is 13.8. The monoisotopic (exact) mass is 392 g/mol. The van der Waals surface area contributed by atoms with Crippen molar-refractivity contribution in [3.63, 3.8) is 0 Å². The van der Waals surface area contributed by atoms with Gasteiger partial charge in [0.05, 0.1) is 25.0 Å². The number of rotatable bonds is 7. The summed E-state index contributed by atoms with van der Waals surface area (Å²) in [5.74, 6) is 0.909. The number of fused-ring (bicyclic) bond motifs is 1. The van der Waals surface area contributed by atoms with Crippen LogP contribution in [0.15, 0.2) is 53.8 Å². The van der Waals surface area contributed by atoms with E-state index in [-0.39, 0.29) is 0 Å². The molecule has 0 radical (unpaired) electrons. The third kappa shape index (κ3) is 4.49. The van der Waals surface area contributed by atoms with Gasteiger partial charge in [0.15, 0.2) is 0 Å². The summed E-state index contributed by atoms with van der Waals surface area (Å²) < 4.78 is 5.37. The molecule has 5 N–H and O–H groups in total. The third-order valence-electron chi connectivity index (χ3n) is 4.39. The number of nitrogens with two attached hydrogens (primary N) is 1. The fourth-order valence-electron chi connectivity index (χ4n) is 2.96. The van der Waals surface area contributed by atoms with E-state index in [1.54, 1.807) is 45.4 Å². The van der Waals surface area contributed by atoms with Crippen molar-refractivity contribution in [3.8, 4) is 5.75 Å². The van der Waals surface area contributed by atoms with Crippen LogP contribution in [0, 0.1) is 5.53 Å². The van der Waals surface area contributed by atoms with Crippen molar-refractivity contribution in [2.24, 2.45) is 5.11 Å². The Balaban J connectivity index is 1.91. The van der Waals surface area contributed by atoms with Crippen LogP contribution in [-0.4, -0.2) is 22.2 Å².